The van der Waals surface area contributed by atoms with Gasteiger partial charge in [-0.25, -0.2) is 0 Å². The molecule has 1 unspecified atom stereocenters. The number of rotatable bonds is 8. The van der Waals surface area contributed by atoms with Crippen molar-refractivity contribution in [2.45, 2.75) is 39.0 Å². The highest BCUT2D eigenvalue weighted by Gasteiger charge is 2.44. The van der Waals surface area contributed by atoms with Crippen LogP contribution < -0.4 is 15.6 Å². The molecule has 160 valence electrons. The molecule has 7 heteroatoms. The highest BCUT2D eigenvalue weighted by molar-refractivity contribution is 5.81. The lowest BCUT2D eigenvalue weighted by Gasteiger charge is -2.41. The van der Waals surface area contributed by atoms with Crippen LogP contribution >= 0.6 is 0 Å². The van der Waals surface area contributed by atoms with E-state index >= 15 is 0 Å². The van der Waals surface area contributed by atoms with E-state index in [-0.39, 0.29) is 11.9 Å². The van der Waals surface area contributed by atoms with Gasteiger partial charge in [-0.1, -0.05) is 12.1 Å². The molecule has 2 N–H and O–H groups in total. The van der Waals surface area contributed by atoms with Gasteiger partial charge in [0.05, 0.1) is 19.1 Å². The summed E-state index contributed by atoms with van der Waals surface area (Å²) in [6, 6.07) is 7.79. The second-order valence-electron chi connectivity index (χ2n) is 8.11. The molecular formula is C22H33N3O4. The first-order valence-electron chi connectivity index (χ1n) is 10.6. The molecule has 1 atom stereocenters. The van der Waals surface area contributed by atoms with E-state index in [4.69, 9.17) is 9.47 Å². The van der Waals surface area contributed by atoms with Gasteiger partial charge >= 0.3 is 5.97 Å². The van der Waals surface area contributed by atoms with E-state index in [2.05, 4.69) is 10.9 Å². The Bertz CT molecular complexity index is 705. The highest BCUT2D eigenvalue weighted by Crippen LogP contribution is 2.36. The van der Waals surface area contributed by atoms with Crippen LogP contribution in [0.25, 0.3) is 0 Å². The summed E-state index contributed by atoms with van der Waals surface area (Å²) in [5.41, 5.74) is 6.54. The minimum Gasteiger partial charge on any atom is -0.497 e. The Labute approximate surface area is 173 Å². The van der Waals surface area contributed by atoms with E-state index in [9.17, 15) is 9.59 Å². The van der Waals surface area contributed by atoms with Gasteiger partial charge in [0, 0.05) is 32.6 Å². The number of methoxy groups -OCH3 is 1. The van der Waals surface area contributed by atoms with E-state index in [1.165, 1.54) is 0 Å². The van der Waals surface area contributed by atoms with E-state index in [0.29, 0.717) is 38.5 Å². The second-order valence-corrected chi connectivity index (χ2v) is 8.11. The lowest BCUT2D eigenvalue weighted by atomic mass is 9.75. The summed E-state index contributed by atoms with van der Waals surface area (Å²) in [6.45, 7) is 5.09. The third-order valence-corrected chi connectivity index (χ3v) is 5.99. The van der Waals surface area contributed by atoms with Crippen LogP contribution in [-0.2, 0) is 20.7 Å². The maximum Gasteiger partial charge on any atom is 0.314 e. The third-order valence-electron chi connectivity index (χ3n) is 5.99. The first kappa shape index (κ1) is 21.6. The predicted octanol–water partition coefficient (Wildman–Crippen LogP) is 1.91. The van der Waals surface area contributed by atoms with Crippen LogP contribution in [0, 0.1) is 11.3 Å². The van der Waals surface area contributed by atoms with Gasteiger partial charge in [0.15, 0.2) is 0 Å². The van der Waals surface area contributed by atoms with E-state index < -0.39 is 5.41 Å². The average Bonchev–Trinajstić information content (AvgIpc) is 3.26. The number of nitrogens with zero attached hydrogens (tertiary/aromatic N) is 1. The number of carbonyl (C=O) groups is 2. The van der Waals surface area contributed by atoms with Crippen molar-refractivity contribution in [2.24, 2.45) is 11.3 Å². The molecule has 7 nitrogen and oxygen atoms in total. The second kappa shape index (κ2) is 10.1. The van der Waals surface area contributed by atoms with Gasteiger partial charge in [-0.05, 0) is 56.2 Å². The summed E-state index contributed by atoms with van der Waals surface area (Å²) < 4.78 is 10.8. The molecule has 0 aliphatic carbocycles. The Morgan fingerprint density at radius 1 is 1.28 bits per heavy atom. The standard InChI is InChI=1S/C22H33N3O4/c1-3-29-21(27)22(13-17-6-4-7-19(12-17)28-2)10-5-11-25(16-22)20(26)9-8-18-14-23-24-15-18/h4,6-7,12,18,23-24H,3,5,8-11,13-16H2,1-2H3. The zero-order valence-corrected chi connectivity index (χ0v) is 17.5. The smallest absolute Gasteiger partial charge is 0.314 e. The summed E-state index contributed by atoms with van der Waals surface area (Å²) >= 11 is 0. The van der Waals surface area contributed by atoms with Crippen LogP contribution in [0.1, 0.15) is 38.2 Å². The molecule has 1 aromatic carbocycles. The van der Waals surface area contributed by atoms with Gasteiger partial charge in [0.25, 0.3) is 0 Å². The molecule has 3 rings (SSSR count). The molecule has 0 spiro atoms. The fourth-order valence-electron chi connectivity index (χ4n) is 4.38. The fraction of sp³-hybridized carbons (Fsp3) is 0.636. The lowest BCUT2D eigenvalue weighted by molar-refractivity contribution is -0.160. The van der Waals surface area contributed by atoms with Crippen LogP contribution in [0.5, 0.6) is 5.75 Å². The van der Waals surface area contributed by atoms with Crippen LogP contribution in [0.4, 0.5) is 0 Å². The number of amides is 1. The molecule has 2 saturated heterocycles. The number of ether oxygens (including phenoxy) is 2. The van der Waals surface area contributed by atoms with Crippen molar-refractivity contribution in [3.63, 3.8) is 0 Å². The van der Waals surface area contributed by atoms with Crippen LogP contribution in [0.3, 0.4) is 0 Å². The number of piperidine rings is 1. The monoisotopic (exact) mass is 403 g/mol. The summed E-state index contributed by atoms with van der Waals surface area (Å²) in [4.78, 5) is 27.8. The molecule has 29 heavy (non-hydrogen) atoms. The Kier molecular flexibility index (Phi) is 7.50. The normalized spacial score (nSPS) is 22.5. The summed E-state index contributed by atoms with van der Waals surface area (Å²) in [6.07, 6.45) is 3.46. The zero-order chi connectivity index (χ0) is 20.7. The molecule has 2 heterocycles. The van der Waals surface area contributed by atoms with Gasteiger partial charge in [0.1, 0.15) is 5.75 Å². The molecule has 2 aliphatic heterocycles. The van der Waals surface area contributed by atoms with Crippen LogP contribution in [0.2, 0.25) is 0 Å². The number of nitrogens with one attached hydrogen (secondary N) is 2. The van der Waals surface area contributed by atoms with Crippen molar-refractivity contribution in [1.82, 2.24) is 15.8 Å². The number of hydrogen-bond acceptors (Lipinski definition) is 6. The van der Waals surface area contributed by atoms with Crippen molar-refractivity contribution in [2.75, 3.05) is 39.9 Å². The molecule has 0 bridgehead atoms. The maximum absolute atomic E-state index is 13.0. The Hall–Kier alpha value is -2.12. The largest absolute Gasteiger partial charge is 0.497 e. The Morgan fingerprint density at radius 2 is 2.07 bits per heavy atom. The Morgan fingerprint density at radius 3 is 2.79 bits per heavy atom. The summed E-state index contributed by atoms with van der Waals surface area (Å²) in [7, 11) is 1.64. The van der Waals surface area contributed by atoms with Crippen molar-refractivity contribution >= 4 is 11.9 Å². The average molecular weight is 404 g/mol. The molecule has 2 aliphatic rings. The van der Waals surface area contributed by atoms with Gasteiger partial charge in [-0.2, -0.15) is 0 Å². The molecule has 0 aromatic heterocycles. The molecule has 0 saturated carbocycles. The number of hydrazine groups is 1. The van der Waals surface area contributed by atoms with E-state index in [1.54, 1.807) is 7.11 Å². The number of carbonyl (C=O) groups excluding carboxylic acids is 2. The summed E-state index contributed by atoms with van der Waals surface area (Å²) in [5, 5.41) is 0. The number of benzene rings is 1. The van der Waals surface area contributed by atoms with Crippen LogP contribution in [0.15, 0.2) is 24.3 Å². The molecular weight excluding hydrogens is 370 g/mol. The SMILES string of the molecule is CCOC(=O)C1(Cc2cccc(OC)c2)CCCN(C(=O)CCC2CNNC2)C1. The van der Waals surface area contributed by atoms with Crippen molar-refractivity contribution in [3.05, 3.63) is 29.8 Å². The number of esters is 1. The van der Waals surface area contributed by atoms with Crippen molar-refractivity contribution in [1.29, 1.82) is 0 Å². The first-order chi connectivity index (χ1) is 14.1. The number of hydrogen-bond donors (Lipinski definition) is 2. The molecule has 2 fully saturated rings. The Balaban J connectivity index is 1.72. The van der Waals surface area contributed by atoms with E-state index in [0.717, 1.165) is 43.7 Å². The van der Waals surface area contributed by atoms with Gasteiger partial charge < -0.3 is 14.4 Å². The van der Waals surface area contributed by atoms with Crippen LogP contribution in [-0.4, -0.2) is 56.7 Å². The minimum atomic E-state index is -0.702. The fourth-order valence-corrected chi connectivity index (χ4v) is 4.38. The lowest BCUT2D eigenvalue weighted by Crippen LogP contribution is -2.51. The van der Waals surface area contributed by atoms with Gasteiger partial charge in [0.2, 0.25) is 5.91 Å². The first-order valence-corrected chi connectivity index (χ1v) is 10.6. The van der Waals surface area contributed by atoms with Crippen molar-refractivity contribution in [3.8, 4) is 5.75 Å². The van der Waals surface area contributed by atoms with Gasteiger partial charge in [-0.15, -0.1) is 0 Å². The van der Waals surface area contributed by atoms with Crippen molar-refractivity contribution < 1.29 is 19.1 Å². The third kappa shape index (κ3) is 5.48. The van der Waals surface area contributed by atoms with Gasteiger partial charge in [-0.3, -0.25) is 20.4 Å². The molecule has 0 radical (unpaired) electrons. The number of likely N-dealkylation sites (tertiary alicyclic amines) is 1. The molecule has 1 aromatic rings. The molecule has 1 amide bonds. The quantitative estimate of drug-likeness (QED) is 0.646. The minimum absolute atomic E-state index is 0.135. The maximum atomic E-state index is 13.0. The highest BCUT2D eigenvalue weighted by atomic mass is 16.5. The van der Waals surface area contributed by atoms with E-state index in [1.807, 2.05) is 36.1 Å². The topological polar surface area (TPSA) is 79.9 Å². The zero-order valence-electron chi connectivity index (χ0n) is 17.5. The predicted molar refractivity (Wildman–Crippen MR) is 110 cm³/mol. The summed E-state index contributed by atoms with van der Waals surface area (Å²) in [5.74, 6) is 1.18.